The number of carbonyl (C=O) groups is 2. The summed E-state index contributed by atoms with van der Waals surface area (Å²) in [5.41, 5.74) is 11.1. The van der Waals surface area contributed by atoms with Crippen LogP contribution in [0.3, 0.4) is 0 Å². The number of carboxylic acids is 2. The van der Waals surface area contributed by atoms with Crippen molar-refractivity contribution in [3.63, 3.8) is 0 Å². The minimum atomic E-state index is -1.06. The van der Waals surface area contributed by atoms with Crippen LogP contribution in [0.4, 0.5) is 11.5 Å². The fourth-order valence-corrected chi connectivity index (χ4v) is 1.15. The number of hydrogen-bond donors (Lipinski definition) is 4. The van der Waals surface area contributed by atoms with Crippen LogP contribution >= 0.6 is 0 Å². The molecule has 2 aromatic heterocycles. The highest BCUT2D eigenvalue weighted by molar-refractivity contribution is 5.88. The quantitative estimate of drug-likeness (QED) is 0.653. The molecule has 0 spiro atoms. The largest absolute Gasteiger partial charge is 0.478 e. The van der Waals surface area contributed by atoms with Crippen LogP contribution in [0.1, 0.15) is 48.5 Å². The number of nitrogen functional groups attached to an aromatic ring is 2. The van der Waals surface area contributed by atoms with Crippen LogP contribution in [-0.4, -0.2) is 32.1 Å². The molecule has 0 saturated carbocycles. The Hall–Kier alpha value is -3.16. The van der Waals surface area contributed by atoms with Crippen LogP contribution < -0.4 is 11.5 Å². The summed E-state index contributed by atoms with van der Waals surface area (Å²) in [5.74, 6) is -1.83. The van der Waals surface area contributed by atoms with E-state index in [4.69, 9.17) is 21.7 Å². The zero-order valence-electron chi connectivity index (χ0n) is 14.2. The summed E-state index contributed by atoms with van der Waals surface area (Å²) in [6.45, 7) is 8.00. The molecular weight excluding hydrogens is 312 g/mol. The molecule has 0 atom stereocenters. The van der Waals surface area contributed by atoms with E-state index in [9.17, 15) is 9.59 Å². The lowest BCUT2D eigenvalue weighted by atomic mass is 10.3. The van der Waals surface area contributed by atoms with Crippen LogP contribution in [0.15, 0.2) is 36.7 Å². The van der Waals surface area contributed by atoms with E-state index in [0.717, 1.165) is 0 Å². The van der Waals surface area contributed by atoms with E-state index in [1.54, 1.807) is 0 Å². The molecule has 8 nitrogen and oxygen atoms in total. The summed E-state index contributed by atoms with van der Waals surface area (Å²) in [6.07, 6.45) is 2.72. The van der Waals surface area contributed by atoms with Crippen molar-refractivity contribution in [3.05, 3.63) is 47.9 Å². The van der Waals surface area contributed by atoms with E-state index in [0.29, 0.717) is 5.69 Å². The Balaban J connectivity index is 0. The zero-order valence-corrected chi connectivity index (χ0v) is 14.2. The second-order valence-corrected chi connectivity index (χ2v) is 3.55. The van der Waals surface area contributed by atoms with Gasteiger partial charge >= 0.3 is 11.9 Å². The molecular formula is C16H24N4O4. The molecule has 0 aliphatic heterocycles. The van der Waals surface area contributed by atoms with Gasteiger partial charge in [0.25, 0.3) is 0 Å². The van der Waals surface area contributed by atoms with Gasteiger partial charge in [0.15, 0.2) is 0 Å². The predicted octanol–water partition coefficient (Wildman–Crippen LogP) is 2.78. The third kappa shape index (κ3) is 9.72. The summed E-state index contributed by atoms with van der Waals surface area (Å²) < 4.78 is 0. The van der Waals surface area contributed by atoms with Crippen LogP contribution in [0.25, 0.3) is 0 Å². The van der Waals surface area contributed by atoms with E-state index in [1.807, 2.05) is 27.7 Å². The normalized spacial score (nSPS) is 8.17. The van der Waals surface area contributed by atoms with E-state index in [2.05, 4.69) is 9.97 Å². The van der Waals surface area contributed by atoms with Gasteiger partial charge in [-0.1, -0.05) is 27.7 Å². The highest BCUT2D eigenvalue weighted by Gasteiger charge is 2.02. The summed E-state index contributed by atoms with van der Waals surface area (Å²) in [6, 6.07) is 5.54. The van der Waals surface area contributed by atoms with Gasteiger partial charge in [-0.25, -0.2) is 19.6 Å². The second kappa shape index (κ2) is 13.5. The van der Waals surface area contributed by atoms with Gasteiger partial charge in [0.2, 0.25) is 0 Å². The molecule has 0 bridgehead atoms. The fraction of sp³-hybridized carbons (Fsp3) is 0.250. The molecule has 8 heteroatoms. The van der Waals surface area contributed by atoms with Crippen molar-refractivity contribution in [2.45, 2.75) is 27.7 Å². The number of aromatic carboxylic acids is 2. The molecule has 6 N–H and O–H groups in total. The van der Waals surface area contributed by atoms with E-state index >= 15 is 0 Å². The van der Waals surface area contributed by atoms with Crippen molar-refractivity contribution in [2.75, 3.05) is 11.5 Å². The van der Waals surface area contributed by atoms with Crippen molar-refractivity contribution in [1.29, 1.82) is 0 Å². The van der Waals surface area contributed by atoms with Gasteiger partial charge in [-0.05, 0) is 24.3 Å². The van der Waals surface area contributed by atoms with Crippen molar-refractivity contribution in [3.8, 4) is 0 Å². The standard InChI is InChI=1S/2C6H6N2O2.2C2H6/c7-4-1-2-8-5(3-4)6(9)10;7-5-3-4(6(9)10)1-2-8-5;2*1-2/h2*1-3H,(H2,7,8)(H,9,10);2*1-2H3. The minimum Gasteiger partial charge on any atom is -0.478 e. The third-order valence-corrected chi connectivity index (χ3v) is 2.03. The number of rotatable bonds is 2. The highest BCUT2D eigenvalue weighted by Crippen LogP contribution is 2.02. The molecule has 0 unspecified atom stereocenters. The molecule has 132 valence electrons. The maximum atomic E-state index is 10.3. The van der Waals surface area contributed by atoms with Gasteiger partial charge in [0.1, 0.15) is 11.5 Å². The summed E-state index contributed by atoms with van der Waals surface area (Å²) >= 11 is 0. The van der Waals surface area contributed by atoms with Gasteiger partial charge in [-0.15, -0.1) is 0 Å². The number of hydrogen-bond acceptors (Lipinski definition) is 6. The SMILES string of the molecule is CC.CC.Nc1cc(C(=O)O)ccn1.Nc1ccnc(C(=O)O)c1. The Bertz CT molecular complexity index is 577. The van der Waals surface area contributed by atoms with Crippen LogP contribution in [0, 0.1) is 0 Å². The molecule has 0 aliphatic rings. The Morgan fingerprint density at radius 1 is 0.875 bits per heavy atom. The first kappa shape index (κ1) is 23.1. The Labute approximate surface area is 141 Å². The second-order valence-electron chi connectivity index (χ2n) is 3.55. The van der Waals surface area contributed by atoms with Gasteiger partial charge < -0.3 is 21.7 Å². The third-order valence-electron chi connectivity index (χ3n) is 2.03. The number of nitrogens with zero attached hydrogens (tertiary/aromatic N) is 2. The first-order chi connectivity index (χ1) is 11.4. The minimum absolute atomic E-state index is 0.0278. The number of carboxylic acid groups (broad SMARTS) is 2. The molecule has 0 saturated heterocycles. The van der Waals surface area contributed by atoms with Crippen molar-refractivity contribution >= 4 is 23.4 Å². The molecule has 0 aliphatic carbocycles. The maximum Gasteiger partial charge on any atom is 0.354 e. The summed E-state index contributed by atoms with van der Waals surface area (Å²) in [7, 11) is 0. The lowest BCUT2D eigenvalue weighted by Gasteiger charge is -1.92. The number of pyridine rings is 2. The average Bonchev–Trinajstić information content (AvgIpc) is 2.59. The lowest BCUT2D eigenvalue weighted by Crippen LogP contribution is -2.00. The molecule has 0 fully saturated rings. The number of anilines is 2. The number of aromatic nitrogens is 2. The van der Waals surface area contributed by atoms with Crippen LogP contribution in [0.5, 0.6) is 0 Å². The molecule has 24 heavy (non-hydrogen) atoms. The smallest absolute Gasteiger partial charge is 0.354 e. The van der Waals surface area contributed by atoms with Crippen molar-refractivity contribution in [2.24, 2.45) is 0 Å². The fourth-order valence-electron chi connectivity index (χ4n) is 1.15. The number of nitrogens with two attached hydrogens (primary N) is 2. The van der Waals surface area contributed by atoms with Crippen molar-refractivity contribution < 1.29 is 19.8 Å². The average molecular weight is 336 g/mol. The molecule has 2 heterocycles. The van der Waals surface area contributed by atoms with Crippen LogP contribution in [0.2, 0.25) is 0 Å². The molecule has 0 aromatic carbocycles. The zero-order chi connectivity index (χ0) is 19.1. The first-order valence-electron chi connectivity index (χ1n) is 7.30. The van der Waals surface area contributed by atoms with Gasteiger partial charge in [0, 0.05) is 18.1 Å². The Morgan fingerprint density at radius 3 is 1.75 bits per heavy atom. The van der Waals surface area contributed by atoms with E-state index < -0.39 is 11.9 Å². The Morgan fingerprint density at radius 2 is 1.42 bits per heavy atom. The maximum absolute atomic E-state index is 10.3. The summed E-state index contributed by atoms with van der Waals surface area (Å²) in [5, 5.41) is 16.8. The van der Waals surface area contributed by atoms with Gasteiger partial charge in [-0.2, -0.15) is 0 Å². The molecule has 2 aromatic rings. The van der Waals surface area contributed by atoms with Gasteiger partial charge in [0.05, 0.1) is 5.56 Å². The Kier molecular flexibility index (Phi) is 13.0. The van der Waals surface area contributed by atoms with Crippen LogP contribution in [-0.2, 0) is 0 Å². The van der Waals surface area contributed by atoms with E-state index in [1.165, 1.54) is 36.7 Å². The predicted molar refractivity (Wildman–Crippen MR) is 93.9 cm³/mol. The highest BCUT2D eigenvalue weighted by atomic mass is 16.4. The molecule has 0 amide bonds. The van der Waals surface area contributed by atoms with Crippen molar-refractivity contribution in [1.82, 2.24) is 9.97 Å². The topological polar surface area (TPSA) is 152 Å². The molecule has 2 rings (SSSR count). The monoisotopic (exact) mass is 336 g/mol. The van der Waals surface area contributed by atoms with E-state index in [-0.39, 0.29) is 17.1 Å². The summed E-state index contributed by atoms with van der Waals surface area (Å²) in [4.78, 5) is 27.7. The first-order valence-corrected chi connectivity index (χ1v) is 7.30. The lowest BCUT2D eigenvalue weighted by molar-refractivity contribution is 0.0682. The molecule has 0 radical (unpaired) electrons. The van der Waals surface area contributed by atoms with Gasteiger partial charge in [-0.3, -0.25) is 0 Å².